The summed E-state index contributed by atoms with van der Waals surface area (Å²) < 4.78 is 2.10. The molecule has 0 aliphatic carbocycles. The van der Waals surface area contributed by atoms with Crippen molar-refractivity contribution >= 4 is 12.0 Å². The molecule has 1 aromatic heterocycles. The third-order valence-corrected chi connectivity index (χ3v) is 3.62. The molecule has 0 aliphatic rings. The Kier molecular flexibility index (Phi) is 4.84. The van der Waals surface area contributed by atoms with Gasteiger partial charge in [0.25, 0.3) is 5.91 Å². The summed E-state index contributed by atoms with van der Waals surface area (Å²) in [6, 6.07) is 17.9. The molecule has 0 saturated heterocycles. The highest BCUT2D eigenvalue weighted by molar-refractivity contribution is 5.90. The summed E-state index contributed by atoms with van der Waals surface area (Å²) in [5, 5.41) is 8.46. The van der Waals surface area contributed by atoms with Gasteiger partial charge in [0.2, 0.25) is 0 Å². The van der Waals surface area contributed by atoms with Crippen LogP contribution >= 0.6 is 0 Å². The number of benzene rings is 2. The standard InChI is InChI=1S/C19H17N3O2/c23-18(21-24)11-10-15-6-8-16(9-7-15)14-22-13-12-20-19(22)17-4-2-1-3-5-17/h1-13,24H,14H2,(H,21,23). The van der Waals surface area contributed by atoms with Gasteiger partial charge >= 0.3 is 0 Å². The number of nitrogens with one attached hydrogen (secondary N) is 1. The van der Waals surface area contributed by atoms with Crippen molar-refractivity contribution in [3.63, 3.8) is 0 Å². The van der Waals surface area contributed by atoms with E-state index in [9.17, 15) is 4.79 Å². The Morgan fingerprint density at radius 2 is 1.88 bits per heavy atom. The number of hydrogen-bond acceptors (Lipinski definition) is 3. The highest BCUT2D eigenvalue weighted by Gasteiger charge is 2.05. The maximum Gasteiger partial charge on any atom is 0.267 e. The molecule has 2 N–H and O–H groups in total. The summed E-state index contributed by atoms with van der Waals surface area (Å²) >= 11 is 0. The van der Waals surface area contributed by atoms with Crippen LogP contribution in [-0.2, 0) is 11.3 Å². The molecular formula is C19H17N3O2. The van der Waals surface area contributed by atoms with E-state index in [1.807, 2.05) is 60.8 Å². The Hall–Kier alpha value is -3.18. The summed E-state index contributed by atoms with van der Waals surface area (Å²) in [6.45, 7) is 0.714. The van der Waals surface area contributed by atoms with Gasteiger partial charge in [-0.25, -0.2) is 10.5 Å². The van der Waals surface area contributed by atoms with E-state index in [2.05, 4.69) is 9.55 Å². The SMILES string of the molecule is O=C(C=Cc1ccc(Cn2ccnc2-c2ccccc2)cc1)NO. The largest absolute Gasteiger partial charge is 0.327 e. The van der Waals surface area contributed by atoms with Gasteiger partial charge in [0, 0.05) is 30.6 Å². The first kappa shape index (κ1) is 15.7. The van der Waals surface area contributed by atoms with E-state index in [1.54, 1.807) is 17.8 Å². The minimum Gasteiger partial charge on any atom is -0.327 e. The molecule has 0 aliphatic heterocycles. The van der Waals surface area contributed by atoms with Crippen molar-refractivity contribution in [2.75, 3.05) is 0 Å². The number of carbonyl (C=O) groups excluding carboxylic acids is 1. The Morgan fingerprint density at radius 1 is 1.12 bits per heavy atom. The number of hydroxylamine groups is 1. The molecule has 3 aromatic rings. The Balaban J connectivity index is 1.75. The lowest BCUT2D eigenvalue weighted by Crippen LogP contribution is -2.14. The maximum absolute atomic E-state index is 11.0. The Labute approximate surface area is 139 Å². The van der Waals surface area contributed by atoms with Gasteiger partial charge in [-0.2, -0.15) is 0 Å². The molecule has 0 radical (unpaired) electrons. The summed E-state index contributed by atoms with van der Waals surface area (Å²) in [4.78, 5) is 15.4. The number of rotatable bonds is 5. The van der Waals surface area contributed by atoms with Crippen LogP contribution in [0.5, 0.6) is 0 Å². The second-order valence-electron chi connectivity index (χ2n) is 5.30. The number of amides is 1. The monoisotopic (exact) mass is 319 g/mol. The molecule has 0 unspecified atom stereocenters. The molecule has 24 heavy (non-hydrogen) atoms. The second kappa shape index (κ2) is 7.39. The molecule has 1 amide bonds. The van der Waals surface area contributed by atoms with Gasteiger partial charge in [-0.05, 0) is 17.2 Å². The number of imidazole rings is 1. The van der Waals surface area contributed by atoms with Gasteiger partial charge < -0.3 is 4.57 Å². The van der Waals surface area contributed by atoms with Crippen LogP contribution in [-0.4, -0.2) is 20.7 Å². The number of carbonyl (C=O) groups is 1. The molecule has 0 spiro atoms. The quantitative estimate of drug-likeness (QED) is 0.431. The smallest absolute Gasteiger partial charge is 0.267 e. The lowest BCUT2D eigenvalue weighted by molar-refractivity contribution is -0.124. The number of aromatic nitrogens is 2. The molecule has 120 valence electrons. The Morgan fingerprint density at radius 3 is 2.58 bits per heavy atom. The maximum atomic E-state index is 11.0. The second-order valence-corrected chi connectivity index (χ2v) is 5.30. The predicted octanol–water partition coefficient (Wildman–Crippen LogP) is 3.12. The minimum absolute atomic E-state index is 0.551. The van der Waals surface area contributed by atoms with Crippen LogP contribution in [0, 0.1) is 0 Å². The average Bonchev–Trinajstić information content (AvgIpc) is 3.09. The molecule has 1 heterocycles. The molecule has 0 bridgehead atoms. The van der Waals surface area contributed by atoms with Crippen LogP contribution in [0.25, 0.3) is 17.5 Å². The molecule has 2 aromatic carbocycles. The van der Waals surface area contributed by atoms with E-state index in [0.29, 0.717) is 6.54 Å². The molecule has 5 heteroatoms. The first-order valence-electron chi connectivity index (χ1n) is 7.54. The van der Waals surface area contributed by atoms with Crippen LogP contribution in [0.4, 0.5) is 0 Å². The molecular weight excluding hydrogens is 302 g/mol. The molecule has 0 fully saturated rings. The van der Waals surface area contributed by atoms with Crippen LogP contribution in [0.1, 0.15) is 11.1 Å². The molecule has 3 rings (SSSR count). The number of nitrogens with zero attached hydrogens (tertiary/aromatic N) is 2. The lowest BCUT2D eigenvalue weighted by Gasteiger charge is -2.08. The van der Waals surface area contributed by atoms with E-state index in [0.717, 1.165) is 22.5 Å². The average molecular weight is 319 g/mol. The zero-order valence-corrected chi connectivity index (χ0v) is 13.0. The molecule has 0 atom stereocenters. The summed E-state index contributed by atoms with van der Waals surface area (Å²) in [7, 11) is 0. The van der Waals surface area contributed by atoms with Crippen molar-refractivity contribution in [2.24, 2.45) is 0 Å². The van der Waals surface area contributed by atoms with Gasteiger partial charge in [-0.1, -0.05) is 54.6 Å². The van der Waals surface area contributed by atoms with Crippen LogP contribution in [0.2, 0.25) is 0 Å². The van der Waals surface area contributed by atoms with Crippen molar-refractivity contribution in [3.05, 3.63) is 84.2 Å². The summed E-state index contributed by atoms with van der Waals surface area (Å²) in [5.74, 6) is 0.379. The highest BCUT2D eigenvalue weighted by atomic mass is 16.5. The molecule has 5 nitrogen and oxygen atoms in total. The predicted molar refractivity (Wildman–Crippen MR) is 92.2 cm³/mol. The third kappa shape index (κ3) is 3.77. The van der Waals surface area contributed by atoms with Gasteiger partial charge in [-0.3, -0.25) is 10.0 Å². The fourth-order valence-corrected chi connectivity index (χ4v) is 2.42. The van der Waals surface area contributed by atoms with E-state index < -0.39 is 5.91 Å². The summed E-state index contributed by atoms with van der Waals surface area (Å²) in [6.07, 6.45) is 6.68. The van der Waals surface area contributed by atoms with Gasteiger partial charge in [-0.15, -0.1) is 0 Å². The highest BCUT2D eigenvalue weighted by Crippen LogP contribution is 2.18. The van der Waals surface area contributed by atoms with E-state index in [1.165, 1.54) is 6.08 Å². The van der Waals surface area contributed by atoms with E-state index >= 15 is 0 Å². The van der Waals surface area contributed by atoms with E-state index in [4.69, 9.17) is 5.21 Å². The van der Waals surface area contributed by atoms with Gasteiger partial charge in [0.05, 0.1) is 0 Å². The summed E-state index contributed by atoms with van der Waals surface area (Å²) in [5.41, 5.74) is 4.66. The van der Waals surface area contributed by atoms with Crippen molar-refractivity contribution in [1.29, 1.82) is 0 Å². The normalized spacial score (nSPS) is 10.9. The van der Waals surface area contributed by atoms with Crippen LogP contribution in [0.15, 0.2) is 73.1 Å². The third-order valence-electron chi connectivity index (χ3n) is 3.62. The fourth-order valence-electron chi connectivity index (χ4n) is 2.42. The zero-order valence-electron chi connectivity index (χ0n) is 13.0. The van der Waals surface area contributed by atoms with Crippen LogP contribution in [0.3, 0.4) is 0 Å². The van der Waals surface area contributed by atoms with Crippen molar-refractivity contribution in [3.8, 4) is 11.4 Å². The van der Waals surface area contributed by atoms with Gasteiger partial charge in [0.1, 0.15) is 5.82 Å². The molecule has 0 saturated carbocycles. The first-order chi connectivity index (χ1) is 11.8. The van der Waals surface area contributed by atoms with Crippen molar-refractivity contribution in [2.45, 2.75) is 6.54 Å². The van der Waals surface area contributed by atoms with Gasteiger partial charge in [0.15, 0.2) is 0 Å². The fraction of sp³-hybridized carbons (Fsp3) is 0.0526. The first-order valence-corrected chi connectivity index (χ1v) is 7.54. The topological polar surface area (TPSA) is 67.2 Å². The Bertz CT molecular complexity index is 837. The minimum atomic E-state index is -0.551. The van der Waals surface area contributed by atoms with E-state index in [-0.39, 0.29) is 0 Å². The van der Waals surface area contributed by atoms with Crippen molar-refractivity contribution in [1.82, 2.24) is 15.0 Å². The van der Waals surface area contributed by atoms with Crippen LogP contribution < -0.4 is 5.48 Å². The number of hydrogen-bond donors (Lipinski definition) is 2. The zero-order chi connectivity index (χ0) is 16.8. The van der Waals surface area contributed by atoms with Crippen molar-refractivity contribution < 1.29 is 10.0 Å². The lowest BCUT2D eigenvalue weighted by atomic mass is 10.1.